The fourth-order valence-electron chi connectivity index (χ4n) is 3.01. The third kappa shape index (κ3) is 1.97. The monoisotopic (exact) mass is 226 g/mol. The zero-order valence-electron chi connectivity index (χ0n) is 11.2. The Labute approximate surface area is 105 Å². The molecule has 0 aromatic heterocycles. The first kappa shape index (κ1) is 12.2. The van der Waals surface area contributed by atoms with Crippen molar-refractivity contribution in [1.82, 2.24) is 0 Å². The third-order valence-electron chi connectivity index (χ3n) is 4.39. The van der Waals surface area contributed by atoms with Crippen LogP contribution < -0.4 is 0 Å². The van der Waals surface area contributed by atoms with Gasteiger partial charge in [-0.05, 0) is 41.0 Å². The van der Waals surface area contributed by atoms with E-state index >= 15 is 0 Å². The van der Waals surface area contributed by atoms with Crippen LogP contribution in [0.2, 0.25) is 0 Å². The van der Waals surface area contributed by atoms with Crippen LogP contribution in [-0.2, 0) is 5.41 Å². The Morgan fingerprint density at radius 3 is 2.00 bits per heavy atom. The summed E-state index contributed by atoms with van der Waals surface area (Å²) in [7, 11) is 0. The van der Waals surface area contributed by atoms with Gasteiger partial charge in [0.25, 0.3) is 0 Å². The SMILES string of the molecule is CCC(CC)(CC)c1cccc2ccccc12. The molecule has 0 bridgehead atoms. The summed E-state index contributed by atoms with van der Waals surface area (Å²) in [5.41, 5.74) is 1.88. The predicted octanol–water partition coefficient (Wildman–Crippen LogP) is 5.31. The van der Waals surface area contributed by atoms with E-state index in [2.05, 4.69) is 63.2 Å². The molecule has 0 spiro atoms. The highest BCUT2D eigenvalue weighted by Crippen LogP contribution is 2.38. The van der Waals surface area contributed by atoms with Crippen molar-refractivity contribution in [3.05, 3.63) is 48.0 Å². The zero-order valence-corrected chi connectivity index (χ0v) is 11.2. The smallest absolute Gasteiger partial charge is 0.00487 e. The lowest BCUT2D eigenvalue weighted by Crippen LogP contribution is -2.23. The molecule has 0 unspecified atom stereocenters. The van der Waals surface area contributed by atoms with E-state index in [4.69, 9.17) is 0 Å². The van der Waals surface area contributed by atoms with Crippen molar-refractivity contribution in [3.63, 3.8) is 0 Å². The van der Waals surface area contributed by atoms with Crippen LogP contribution in [0.5, 0.6) is 0 Å². The minimum Gasteiger partial charge on any atom is -0.0645 e. The first-order valence-corrected chi connectivity index (χ1v) is 6.75. The molecule has 0 atom stereocenters. The minimum atomic E-state index is 0.348. The first-order chi connectivity index (χ1) is 8.27. The summed E-state index contributed by atoms with van der Waals surface area (Å²) in [5, 5.41) is 2.80. The lowest BCUT2D eigenvalue weighted by molar-refractivity contribution is 0.385. The van der Waals surface area contributed by atoms with Crippen molar-refractivity contribution in [1.29, 1.82) is 0 Å². The van der Waals surface area contributed by atoms with Crippen molar-refractivity contribution in [2.24, 2.45) is 0 Å². The molecule has 0 heterocycles. The highest BCUT2D eigenvalue weighted by atomic mass is 14.3. The average Bonchev–Trinajstić information content (AvgIpc) is 2.41. The molecular weight excluding hydrogens is 204 g/mol. The molecule has 2 aromatic rings. The van der Waals surface area contributed by atoms with Gasteiger partial charge in [-0.25, -0.2) is 0 Å². The normalized spacial score (nSPS) is 11.9. The Balaban J connectivity index is 2.69. The van der Waals surface area contributed by atoms with Crippen LogP contribution in [0.1, 0.15) is 45.6 Å². The maximum absolute atomic E-state index is 2.32. The van der Waals surface area contributed by atoms with Crippen LogP contribution in [0.4, 0.5) is 0 Å². The molecule has 0 nitrogen and oxygen atoms in total. The predicted molar refractivity (Wildman–Crippen MR) is 76.5 cm³/mol. The molecular formula is C17H22. The van der Waals surface area contributed by atoms with Gasteiger partial charge in [0.15, 0.2) is 0 Å². The Morgan fingerprint density at radius 1 is 0.765 bits per heavy atom. The van der Waals surface area contributed by atoms with Crippen LogP contribution in [0.15, 0.2) is 42.5 Å². The molecule has 0 aliphatic heterocycles. The van der Waals surface area contributed by atoms with Crippen molar-refractivity contribution in [2.75, 3.05) is 0 Å². The molecule has 0 fully saturated rings. The molecule has 0 radical (unpaired) electrons. The fraction of sp³-hybridized carbons (Fsp3) is 0.412. The number of hydrogen-bond acceptors (Lipinski definition) is 0. The summed E-state index contributed by atoms with van der Waals surface area (Å²) >= 11 is 0. The van der Waals surface area contributed by atoms with Gasteiger partial charge in [-0.2, -0.15) is 0 Å². The van der Waals surface area contributed by atoms with E-state index in [0.717, 1.165) is 0 Å². The Morgan fingerprint density at radius 2 is 1.35 bits per heavy atom. The van der Waals surface area contributed by atoms with Crippen LogP contribution in [0.3, 0.4) is 0 Å². The molecule has 90 valence electrons. The molecule has 0 aliphatic rings. The Hall–Kier alpha value is -1.30. The molecule has 0 saturated carbocycles. The fourth-order valence-corrected chi connectivity index (χ4v) is 3.01. The average molecular weight is 226 g/mol. The van der Waals surface area contributed by atoms with E-state index in [9.17, 15) is 0 Å². The maximum atomic E-state index is 2.32. The van der Waals surface area contributed by atoms with Crippen molar-refractivity contribution in [3.8, 4) is 0 Å². The molecule has 2 rings (SSSR count). The van der Waals surface area contributed by atoms with Gasteiger partial charge in [0.2, 0.25) is 0 Å². The zero-order chi connectivity index (χ0) is 12.3. The van der Waals surface area contributed by atoms with Gasteiger partial charge in [0, 0.05) is 0 Å². The summed E-state index contributed by atoms with van der Waals surface area (Å²) in [5.74, 6) is 0. The largest absolute Gasteiger partial charge is 0.0645 e. The van der Waals surface area contributed by atoms with Gasteiger partial charge in [-0.1, -0.05) is 63.2 Å². The molecule has 2 aromatic carbocycles. The molecule has 0 aliphatic carbocycles. The highest BCUT2D eigenvalue weighted by Gasteiger charge is 2.27. The van der Waals surface area contributed by atoms with Crippen LogP contribution >= 0.6 is 0 Å². The van der Waals surface area contributed by atoms with Gasteiger partial charge in [0.1, 0.15) is 0 Å². The molecule has 0 N–H and O–H groups in total. The minimum absolute atomic E-state index is 0.348. The van der Waals surface area contributed by atoms with E-state index < -0.39 is 0 Å². The third-order valence-corrected chi connectivity index (χ3v) is 4.39. The quantitative estimate of drug-likeness (QED) is 0.663. The lowest BCUT2D eigenvalue weighted by Gasteiger charge is -2.32. The number of rotatable bonds is 4. The summed E-state index contributed by atoms with van der Waals surface area (Å²) in [4.78, 5) is 0. The number of benzene rings is 2. The summed E-state index contributed by atoms with van der Waals surface area (Å²) in [6.07, 6.45) is 3.65. The van der Waals surface area contributed by atoms with Gasteiger partial charge >= 0.3 is 0 Å². The summed E-state index contributed by atoms with van der Waals surface area (Å²) in [6.45, 7) is 6.94. The maximum Gasteiger partial charge on any atom is -0.00487 e. The second kappa shape index (κ2) is 4.91. The Bertz CT molecular complexity index is 479. The van der Waals surface area contributed by atoms with Crippen LogP contribution in [0.25, 0.3) is 10.8 Å². The molecule has 17 heavy (non-hydrogen) atoms. The van der Waals surface area contributed by atoms with E-state index in [1.165, 1.54) is 35.6 Å². The van der Waals surface area contributed by atoms with Gasteiger partial charge < -0.3 is 0 Å². The van der Waals surface area contributed by atoms with Crippen molar-refractivity contribution in [2.45, 2.75) is 45.4 Å². The number of hydrogen-bond donors (Lipinski definition) is 0. The van der Waals surface area contributed by atoms with E-state index in [1.54, 1.807) is 0 Å². The van der Waals surface area contributed by atoms with E-state index in [1.807, 2.05) is 0 Å². The Kier molecular flexibility index (Phi) is 3.51. The van der Waals surface area contributed by atoms with Crippen LogP contribution in [-0.4, -0.2) is 0 Å². The van der Waals surface area contributed by atoms with Gasteiger partial charge in [0.05, 0.1) is 0 Å². The van der Waals surface area contributed by atoms with Gasteiger partial charge in [-0.3, -0.25) is 0 Å². The standard InChI is InChI=1S/C17H22/c1-4-17(5-2,6-3)16-13-9-11-14-10-7-8-12-15(14)16/h7-13H,4-6H2,1-3H3. The summed E-state index contributed by atoms with van der Waals surface area (Å²) < 4.78 is 0. The molecule has 0 amide bonds. The summed E-state index contributed by atoms with van der Waals surface area (Å²) in [6, 6.07) is 15.5. The van der Waals surface area contributed by atoms with Gasteiger partial charge in [-0.15, -0.1) is 0 Å². The number of fused-ring (bicyclic) bond motifs is 1. The second-order valence-electron chi connectivity index (χ2n) is 4.87. The van der Waals surface area contributed by atoms with E-state index in [0.29, 0.717) is 5.41 Å². The van der Waals surface area contributed by atoms with Crippen molar-refractivity contribution < 1.29 is 0 Å². The second-order valence-corrected chi connectivity index (χ2v) is 4.87. The molecule has 0 saturated heterocycles. The highest BCUT2D eigenvalue weighted by molar-refractivity contribution is 5.86. The lowest BCUT2D eigenvalue weighted by atomic mass is 9.72. The van der Waals surface area contributed by atoms with E-state index in [-0.39, 0.29) is 0 Å². The van der Waals surface area contributed by atoms with Crippen LogP contribution in [0, 0.1) is 0 Å². The molecule has 0 heteroatoms. The topological polar surface area (TPSA) is 0 Å². The van der Waals surface area contributed by atoms with Crippen molar-refractivity contribution >= 4 is 10.8 Å². The first-order valence-electron chi connectivity index (χ1n) is 6.75.